The summed E-state index contributed by atoms with van der Waals surface area (Å²) in [6.45, 7) is 5.33. The molecule has 0 radical (unpaired) electrons. The van der Waals surface area contributed by atoms with E-state index < -0.39 is 17.1 Å². The van der Waals surface area contributed by atoms with Crippen molar-refractivity contribution in [2.75, 3.05) is 6.54 Å². The molecule has 1 aliphatic heterocycles. The van der Waals surface area contributed by atoms with Crippen LogP contribution in [0.2, 0.25) is 0 Å². The molecule has 1 aromatic rings. The van der Waals surface area contributed by atoms with Crippen LogP contribution < -0.4 is 10.6 Å². The van der Waals surface area contributed by atoms with Crippen molar-refractivity contribution in [1.82, 2.24) is 15.5 Å². The van der Waals surface area contributed by atoms with Crippen LogP contribution in [0.1, 0.15) is 38.3 Å². The Morgan fingerprint density at radius 3 is 2.58 bits per heavy atom. The molecule has 0 saturated carbocycles. The first-order valence-electron chi connectivity index (χ1n) is 8.22. The summed E-state index contributed by atoms with van der Waals surface area (Å²) in [5.74, 6) is -0.634. The lowest BCUT2D eigenvalue weighted by Crippen LogP contribution is -2.52. The third-order valence-corrected chi connectivity index (χ3v) is 4.49. The van der Waals surface area contributed by atoms with Crippen LogP contribution in [0, 0.1) is 0 Å². The fourth-order valence-electron chi connectivity index (χ4n) is 3.45. The van der Waals surface area contributed by atoms with Crippen LogP contribution in [0.25, 0.3) is 0 Å². The summed E-state index contributed by atoms with van der Waals surface area (Å²) in [5, 5.41) is 5.62. The lowest BCUT2D eigenvalue weighted by molar-refractivity contribution is -0.135. The van der Waals surface area contributed by atoms with Gasteiger partial charge in [0, 0.05) is 12.0 Å². The molecule has 2 aliphatic rings. The van der Waals surface area contributed by atoms with Gasteiger partial charge in [0.2, 0.25) is 5.91 Å². The van der Waals surface area contributed by atoms with Crippen molar-refractivity contribution in [3.05, 3.63) is 35.4 Å². The van der Waals surface area contributed by atoms with Gasteiger partial charge in [0.05, 0.1) is 0 Å². The molecule has 1 aliphatic carbocycles. The molecule has 1 saturated heterocycles. The van der Waals surface area contributed by atoms with E-state index in [1.54, 1.807) is 0 Å². The van der Waals surface area contributed by atoms with Crippen molar-refractivity contribution in [3.63, 3.8) is 0 Å². The lowest BCUT2D eigenvalue weighted by Gasteiger charge is -2.32. The Morgan fingerprint density at radius 1 is 1.25 bits per heavy atom. The predicted molar refractivity (Wildman–Crippen MR) is 89.3 cm³/mol. The molecular weight excluding hydrogens is 306 g/mol. The number of carbonyl (C=O) groups excluding carboxylic acids is 3. The molecule has 2 N–H and O–H groups in total. The Morgan fingerprint density at radius 2 is 1.92 bits per heavy atom. The molecule has 4 amide bonds. The predicted octanol–water partition coefficient (Wildman–Crippen LogP) is 1.38. The van der Waals surface area contributed by atoms with Crippen LogP contribution >= 0.6 is 0 Å². The van der Waals surface area contributed by atoms with Gasteiger partial charge in [-0.1, -0.05) is 24.3 Å². The summed E-state index contributed by atoms with van der Waals surface area (Å²) in [5.41, 5.74) is 0.984. The second kappa shape index (κ2) is 5.61. The van der Waals surface area contributed by atoms with Gasteiger partial charge >= 0.3 is 6.03 Å². The minimum Gasteiger partial charge on any atom is -0.350 e. The molecule has 1 atom stereocenters. The van der Waals surface area contributed by atoms with Gasteiger partial charge in [-0.15, -0.1) is 0 Å². The van der Waals surface area contributed by atoms with Crippen molar-refractivity contribution < 1.29 is 14.4 Å². The first-order chi connectivity index (χ1) is 11.2. The maximum Gasteiger partial charge on any atom is 0.325 e. The number of urea groups is 1. The van der Waals surface area contributed by atoms with Gasteiger partial charge in [-0.3, -0.25) is 14.5 Å². The van der Waals surface area contributed by atoms with E-state index in [0.29, 0.717) is 12.8 Å². The van der Waals surface area contributed by atoms with Crippen molar-refractivity contribution in [2.24, 2.45) is 0 Å². The minimum atomic E-state index is -0.909. The molecule has 6 nitrogen and oxygen atoms in total. The van der Waals surface area contributed by atoms with Crippen LogP contribution in [0.5, 0.6) is 0 Å². The van der Waals surface area contributed by atoms with Gasteiger partial charge in [-0.05, 0) is 44.7 Å². The van der Waals surface area contributed by atoms with Crippen LogP contribution in [-0.4, -0.2) is 40.4 Å². The molecule has 1 unspecified atom stereocenters. The largest absolute Gasteiger partial charge is 0.350 e. The number of rotatable bonds is 2. The number of hydrogen-bond acceptors (Lipinski definition) is 3. The number of carbonyl (C=O) groups is 3. The molecular formula is C18H23N3O3. The summed E-state index contributed by atoms with van der Waals surface area (Å²) in [4.78, 5) is 38.3. The highest BCUT2D eigenvalue weighted by Crippen LogP contribution is 2.33. The number of amides is 4. The maximum atomic E-state index is 12.9. The number of nitrogens with zero attached hydrogens (tertiary/aromatic N) is 1. The highest BCUT2D eigenvalue weighted by Gasteiger charge is 2.52. The molecule has 1 fully saturated rings. The molecule has 0 aromatic heterocycles. The number of benzene rings is 1. The van der Waals surface area contributed by atoms with Crippen molar-refractivity contribution in [3.8, 4) is 0 Å². The van der Waals surface area contributed by atoms with E-state index in [0.717, 1.165) is 16.9 Å². The van der Waals surface area contributed by atoms with Crippen LogP contribution in [0.3, 0.4) is 0 Å². The summed E-state index contributed by atoms with van der Waals surface area (Å²) in [7, 11) is 0. The average molecular weight is 329 g/mol. The molecule has 3 rings (SSSR count). The van der Waals surface area contributed by atoms with E-state index >= 15 is 0 Å². The smallest absolute Gasteiger partial charge is 0.325 e. The summed E-state index contributed by atoms with van der Waals surface area (Å²) in [6, 6.07) is 7.48. The molecule has 6 heteroatoms. The SMILES string of the molecule is CC(C)(C)NC(=O)CN1C(=O)NC2(CCc3ccccc3C2)C1=O. The van der Waals surface area contributed by atoms with Gasteiger partial charge in [0.1, 0.15) is 12.1 Å². The van der Waals surface area contributed by atoms with E-state index in [1.165, 1.54) is 5.56 Å². The number of fused-ring (bicyclic) bond motifs is 1. The fraction of sp³-hybridized carbons (Fsp3) is 0.500. The van der Waals surface area contributed by atoms with E-state index in [1.807, 2.05) is 39.0 Å². The zero-order valence-electron chi connectivity index (χ0n) is 14.3. The van der Waals surface area contributed by atoms with Crippen molar-refractivity contribution in [1.29, 1.82) is 0 Å². The second-order valence-electron chi connectivity index (χ2n) is 7.65. The number of aryl methyl sites for hydroxylation is 1. The Hall–Kier alpha value is -2.37. The molecule has 0 bridgehead atoms. The van der Waals surface area contributed by atoms with Gasteiger partial charge < -0.3 is 10.6 Å². The zero-order valence-corrected chi connectivity index (χ0v) is 14.3. The van der Waals surface area contributed by atoms with Crippen molar-refractivity contribution in [2.45, 2.75) is 51.1 Å². The van der Waals surface area contributed by atoms with Gasteiger partial charge in [0.15, 0.2) is 0 Å². The molecule has 1 aromatic carbocycles. The van der Waals surface area contributed by atoms with E-state index in [-0.39, 0.29) is 18.4 Å². The molecule has 1 heterocycles. The third-order valence-electron chi connectivity index (χ3n) is 4.49. The highest BCUT2D eigenvalue weighted by molar-refractivity contribution is 6.09. The number of hydrogen-bond donors (Lipinski definition) is 2. The summed E-state index contributed by atoms with van der Waals surface area (Å²) in [6.07, 6.45) is 1.78. The third kappa shape index (κ3) is 3.00. The van der Waals surface area contributed by atoms with Crippen LogP contribution in [0.15, 0.2) is 24.3 Å². The Balaban J connectivity index is 1.76. The quantitative estimate of drug-likeness (QED) is 0.805. The minimum absolute atomic E-state index is 0.245. The number of imide groups is 1. The molecule has 24 heavy (non-hydrogen) atoms. The molecule has 1 spiro atoms. The van der Waals surface area contributed by atoms with Gasteiger partial charge in [0.25, 0.3) is 5.91 Å². The highest BCUT2D eigenvalue weighted by atomic mass is 16.2. The monoisotopic (exact) mass is 329 g/mol. The van der Waals surface area contributed by atoms with Crippen LogP contribution in [-0.2, 0) is 22.4 Å². The van der Waals surface area contributed by atoms with E-state index in [9.17, 15) is 14.4 Å². The molecule has 128 valence electrons. The standard InChI is InChI=1S/C18H23N3O3/c1-17(2,3)19-14(22)11-21-15(23)18(20-16(21)24)9-8-12-6-4-5-7-13(12)10-18/h4-7H,8-11H2,1-3H3,(H,19,22)(H,20,24). The van der Waals surface area contributed by atoms with Crippen molar-refractivity contribution >= 4 is 17.8 Å². The first kappa shape index (κ1) is 16.5. The maximum absolute atomic E-state index is 12.9. The topological polar surface area (TPSA) is 78.5 Å². The second-order valence-corrected chi connectivity index (χ2v) is 7.65. The fourth-order valence-corrected chi connectivity index (χ4v) is 3.45. The van der Waals surface area contributed by atoms with E-state index in [2.05, 4.69) is 16.7 Å². The lowest BCUT2D eigenvalue weighted by atomic mass is 9.78. The number of nitrogens with one attached hydrogen (secondary N) is 2. The van der Waals surface area contributed by atoms with Gasteiger partial charge in [-0.2, -0.15) is 0 Å². The zero-order chi connectivity index (χ0) is 17.5. The van der Waals surface area contributed by atoms with Gasteiger partial charge in [-0.25, -0.2) is 4.79 Å². The summed E-state index contributed by atoms with van der Waals surface area (Å²) >= 11 is 0. The van der Waals surface area contributed by atoms with Crippen LogP contribution in [0.4, 0.5) is 4.79 Å². The van der Waals surface area contributed by atoms with E-state index in [4.69, 9.17) is 0 Å². The average Bonchev–Trinajstić information content (AvgIpc) is 2.70. The Labute approximate surface area is 141 Å². The Kier molecular flexibility index (Phi) is 3.86. The first-order valence-corrected chi connectivity index (χ1v) is 8.22. The normalized spacial score (nSPS) is 23.2. The Bertz CT molecular complexity index is 708. The summed E-state index contributed by atoms with van der Waals surface area (Å²) < 4.78 is 0.